The van der Waals surface area contributed by atoms with Crippen LogP contribution in [0.5, 0.6) is 0 Å². The van der Waals surface area contributed by atoms with Gasteiger partial charge in [0.1, 0.15) is 0 Å². The lowest BCUT2D eigenvalue weighted by Crippen LogP contribution is -2.16. The van der Waals surface area contributed by atoms with Gasteiger partial charge in [-0.25, -0.2) is 0 Å². The first-order valence-electron chi connectivity index (χ1n) is 22.2. The van der Waals surface area contributed by atoms with Crippen LogP contribution in [0.1, 0.15) is 74.9 Å². The predicted octanol–water partition coefficient (Wildman–Crippen LogP) is 16.6. The molecule has 0 N–H and O–H groups in total. The first kappa shape index (κ1) is 36.9. The summed E-state index contributed by atoms with van der Waals surface area (Å²) in [5, 5.41) is 2.59. The minimum atomic E-state index is -0.0674. The minimum Gasteiger partial charge on any atom is -0.310 e. The van der Waals surface area contributed by atoms with Crippen LogP contribution in [0.15, 0.2) is 188 Å². The molecule has 0 radical (unpaired) electrons. The van der Waals surface area contributed by atoms with E-state index in [-0.39, 0.29) is 16.2 Å². The fourth-order valence-corrected chi connectivity index (χ4v) is 11.6. The van der Waals surface area contributed by atoms with Crippen LogP contribution in [-0.4, -0.2) is 0 Å². The first-order valence-corrected chi connectivity index (χ1v) is 22.2. The van der Waals surface area contributed by atoms with Crippen molar-refractivity contribution in [2.75, 3.05) is 4.90 Å². The summed E-state index contributed by atoms with van der Waals surface area (Å²) in [6.07, 6.45) is 0. The number of fused-ring (bicyclic) bond motifs is 10. The maximum atomic E-state index is 2.45. The second-order valence-electron chi connectivity index (χ2n) is 19.3. The Bertz CT molecular complexity index is 3200. The summed E-state index contributed by atoms with van der Waals surface area (Å²) in [6, 6.07) is 70.9. The van der Waals surface area contributed by atoms with Crippen LogP contribution >= 0.6 is 0 Å². The Balaban J connectivity index is 0.960. The van der Waals surface area contributed by atoms with E-state index in [1.165, 1.54) is 99.8 Å². The van der Waals surface area contributed by atoms with Gasteiger partial charge in [0.15, 0.2) is 0 Å². The first-order chi connectivity index (χ1) is 30.0. The third-order valence-electron chi connectivity index (χ3n) is 14.9. The molecule has 3 aliphatic carbocycles. The zero-order valence-corrected chi connectivity index (χ0v) is 36.3. The van der Waals surface area contributed by atoms with E-state index in [0.29, 0.717) is 0 Å². The molecule has 12 rings (SSSR count). The molecule has 0 aromatic heterocycles. The van der Waals surface area contributed by atoms with Crippen molar-refractivity contribution in [1.29, 1.82) is 0 Å². The van der Waals surface area contributed by atoms with E-state index in [4.69, 9.17) is 0 Å². The summed E-state index contributed by atoms with van der Waals surface area (Å²) in [5.41, 5.74) is 24.7. The monoisotopic (exact) mass is 795 g/mol. The van der Waals surface area contributed by atoms with E-state index in [1.807, 2.05) is 0 Å². The highest BCUT2D eigenvalue weighted by Crippen LogP contribution is 2.56. The largest absolute Gasteiger partial charge is 0.310 e. The molecule has 1 heteroatoms. The molecule has 0 bridgehead atoms. The molecular weight excluding hydrogens is 747 g/mol. The molecule has 0 amide bonds. The van der Waals surface area contributed by atoms with Crippen molar-refractivity contribution in [2.45, 2.75) is 57.8 Å². The van der Waals surface area contributed by atoms with E-state index in [0.717, 1.165) is 17.1 Å². The Labute approximate surface area is 366 Å². The van der Waals surface area contributed by atoms with Crippen molar-refractivity contribution < 1.29 is 0 Å². The quantitative estimate of drug-likeness (QED) is 0.168. The molecule has 0 saturated carbocycles. The van der Waals surface area contributed by atoms with E-state index in [9.17, 15) is 0 Å². The van der Waals surface area contributed by atoms with Crippen LogP contribution < -0.4 is 4.90 Å². The van der Waals surface area contributed by atoms with E-state index in [1.54, 1.807) is 0 Å². The molecule has 0 unspecified atom stereocenters. The number of benzene rings is 9. The van der Waals surface area contributed by atoms with Gasteiger partial charge in [-0.1, -0.05) is 187 Å². The van der Waals surface area contributed by atoms with E-state index < -0.39 is 0 Å². The number of rotatable bonds is 5. The van der Waals surface area contributed by atoms with Crippen LogP contribution in [-0.2, 0) is 16.2 Å². The minimum absolute atomic E-state index is 0.0515. The fourth-order valence-electron chi connectivity index (χ4n) is 11.6. The highest BCUT2D eigenvalue weighted by atomic mass is 15.1. The lowest BCUT2D eigenvalue weighted by Gasteiger charge is -2.28. The maximum Gasteiger partial charge on any atom is 0.0468 e. The normalized spacial score (nSPS) is 15.3. The third kappa shape index (κ3) is 5.15. The van der Waals surface area contributed by atoms with Gasteiger partial charge in [-0.2, -0.15) is 0 Å². The predicted molar refractivity (Wildman–Crippen MR) is 262 cm³/mol. The van der Waals surface area contributed by atoms with Gasteiger partial charge < -0.3 is 4.90 Å². The van der Waals surface area contributed by atoms with Gasteiger partial charge in [0, 0.05) is 33.3 Å². The Hall–Kier alpha value is -6.96. The van der Waals surface area contributed by atoms with Gasteiger partial charge in [0.05, 0.1) is 0 Å². The Kier molecular flexibility index (Phi) is 7.74. The number of hydrogen-bond donors (Lipinski definition) is 0. The van der Waals surface area contributed by atoms with Gasteiger partial charge in [-0.3, -0.25) is 0 Å². The molecule has 62 heavy (non-hydrogen) atoms. The summed E-state index contributed by atoms with van der Waals surface area (Å²) < 4.78 is 0. The van der Waals surface area contributed by atoms with Crippen molar-refractivity contribution >= 4 is 27.8 Å². The second kappa shape index (κ2) is 13.0. The number of anilines is 3. The van der Waals surface area contributed by atoms with Crippen molar-refractivity contribution in [3.8, 4) is 55.6 Å². The molecule has 0 fully saturated rings. The van der Waals surface area contributed by atoms with Crippen LogP contribution in [0.3, 0.4) is 0 Å². The Morgan fingerprint density at radius 1 is 0.290 bits per heavy atom. The fraction of sp³-hybridized carbons (Fsp3) is 0.148. The molecule has 9 aromatic rings. The van der Waals surface area contributed by atoms with Crippen molar-refractivity contribution in [3.63, 3.8) is 0 Å². The molecule has 0 aliphatic heterocycles. The molecule has 0 spiro atoms. The molecule has 0 saturated heterocycles. The van der Waals surface area contributed by atoms with Gasteiger partial charge in [0.25, 0.3) is 0 Å². The topological polar surface area (TPSA) is 3.24 Å². The SMILES string of the molecule is CC1(C)c2ccccc2-c2cc(N(c3ccc(-c4ccc(-c5c6c(cc7ccccc57)C(C)(C)c5ccccc5-6)cc4)cc3)c3ccc4c(c3)-c3ccccc3C4(C)C)ccc21. The third-order valence-corrected chi connectivity index (χ3v) is 14.9. The van der Waals surface area contributed by atoms with Crippen molar-refractivity contribution in [2.24, 2.45) is 0 Å². The number of nitrogens with zero attached hydrogens (tertiary/aromatic N) is 1. The average molecular weight is 796 g/mol. The van der Waals surface area contributed by atoms with Crippen LogP contribution in [0.4, 0.5) is 17.1 Å². The van der Waals surface area contributed by atoms with E-state index in [2.05, 4.69) is 234 Å². The molecule has 9 aromatic carbocycles. The van der Waals surface area contributed by atoms with Crippen LogP contribution in [0, 0.1) is 0 Å². The van der Waals surface area contributed by atoms with Gasteiger partial charge in [0.2, 0.25) is 0 Å². The highest BCUT2D eigenvalue weighted by molar-refractivity contribution is 6.08. The Morgan fingerprint density at radius 3 is 1.26 bits per heavy atom. The summed E-state index contributed by atoms with van der Waals surface area (Å²) >= 11 is 0. The number of hydrogen-bond acceptors (Lipinski definition) is 1. The molecular formula is C61H49N. The van der Waals surface area contributed by atoms with Crippen LogP contribution in [0.2, 0.25) is 0 Å². The molecule has 1 nitrogen and oxygen atoms in total. The highest BCUT2D eigenvalue weighted by Gasteiger charge is 2.39. The molecule has 0 atom stereocenters. The van der Waals surface area contributed by atoms with Crippen molar-refractivity contribution in [3.05, 3.63) is 221 Å². The standard InChI is InChI=1S/C61H49N/c1-59(2)51-20-12-9-17-46(51)49-36-43(31-33-54(49)59)62(44-32-34-55-50(37-44)47-18-10-13-21-52(47)60(55,3)4)42-29-27-39(28-30-42)38-23-25-40(26-24-38)57-45-16-8-7-15-41(45)35-56-58(57)48-19-11-14-22-53(48)61(56,5)6/h7-37H,1-6H3. The summed E-state index contributed by atoms with van der Waals surface area (Å²) in [4.78, 5) is 2.45. The van der Waals surface area contributed by atoms with Gasteiger partial charge >= 0.3 is 0 Å². The summed E-state index contributed by atoms with van der Waals surface area (Å²) in [7, 11) is 0. The lowest BCUT2D eigenvalue weighted by atomic mass is 9.80. The van der Waals surface area contributed by atoms with Crippen LogP contribution in [0.25, 0.3) is 66.4 Å². The summed E-state index contributed by atoms with van der Waals surface area (Å²) in [6.45, 7) is 14.2. The van der Waals surface area contributed by atoms with E-state index >= 15 is 0 Å². The summed E-state index contributed by atoms with van der Waals surface area (Å²) in [5.74, 6) is 0. The Morgan fingerprint density at radius 2 is 0.694 bits per heavy atom. The maximum absolute atomic E-state index is 2.45. The second-order valence-corrected chi connectivity index (χ2v) is 19.3. The smallest absolute Gasteiger partial charge is 0.0468 e. The zero-order valence-electron chi connectivity index (χ0n) is 36.3. The van der Waals surface area contributed by atoms with Gasteiger partial charge in [-0.05, 0) is 142 Å². The molecule has 0 heterocycles. The molecule has 298 valence electrons. The van der Waals surface area contributed by atoms with Gasteiger partial charge in [-0.15, -0.1) is 0 Å². The van der Waals surface area contributed by atoms with Crippen molar-refractivity contribution in [1.82, 2.24) is 0 Å². The average Bonchev–Trinajstić information content (AvgIpc) is 3.78. The molecule has 3 aliphatic rings. The zero-order chi connectivity index (χ0) is 42.1. The lowest BCUT2D eigenvalue weighted by molar-refractivity contribution is 0.660.